The molecule has 4 nitrogen and oxygen atoms in total. The van der Waals surface area contributed by atoms with Crippen molar-refractivity contribution in [1.29, 1.82) is 0 Å². The number of aromatic nitrogens is 3. The minimum absolute atomic E-state index is 0.277. The summed E-state index contributed by atoms with van der Waals surface area (Å²) < 4.78 is 1.71. The van der Waals surface area contributed by atoms with Crippen LogP contribution in [0.1, 0.15) is 31.1 Å². The molecule has 0 bridgehead atoms. The standard InChI is InChI=1S/C14H19ClN4/c1-10(2)14(11-4-6-12(15)7-5-11)16-8-13-9-19(3)18-17-13/h4-7,9-10,14,16H,8H2,1-3H3. The lowest BCUT2D eigenvalue weighted by Gasteiger charge is -2.22. The zero-order chi connectivity index (χ0) is 13.8. The molecule has 1 atom stereocenters. The van der Waals surface area contributed by atoms with E-state index >= 15 is 0 Å². The van der Waals surface area contributed by atoms with Crippen molar-refractivity contribution in [3.63, 3.8) is 0 Å². The maximum atomic E-state index is 5.93. The maximum absolute atomic E-state index is 5.93. The lowest BCUT2D eigenvalue weighted by molar-refractivity contribution is 0.408. The van der Waals surface area contributed by atoms with Gasteiger partial charge in [0.25, 0.3) is 0 Å². The Morgan fingerprint density at radius 2 is 1.95 bits per heavy atom. The largest absolute Gasteiger partial charge is 0.304 e. The third-order valence-corrected chi connectivity index (χ3v) is 3.30. The highest BCUT2D eigenvalue weighted by atomic mass is 35.5. The molecule has 1 N–H and O–H groups in total. The van der Waals surface area contributed by atoms with E-state index in [1.807, 2.05) is 25.4 Å². The van der Waals surface area contributed by atoms with Gasteiger partial charge in [-0.25, -0.2) is 0 Å². The van der Waals surface area contributed by atoms with Crippen LogP contribution < -0.4 is 5.32 Å². The average molecular weight is 279 g/mol. The molecule has 2 aromatic rings. The van der Waals surface area contributed by atoms with Crippen LogP contribution in [0.3, 0.4) is 0 Å². The molecule has 1 aromatic heterocycles. The van der Waals surface area contributed by atoms with Crippen LogP contribution in [-0.2, 0) is 13.6 Å². The average Bonchev–Trinajstić information content (AvgIpc) is 2.77. The molecule has 0 aliphatic heterocycles. The van der Waals surface area contributed by atoms with Crippen molar-refractivity contribution >= 4 is 11.6 Å². The van der Waals surface area contributed by atoms with Crippen molar-refractivity contribution in [2.45, 2.75) is 26.4 Å². The van der Waals surface area contributed by atoms with E-state index in [0.29, 0.717) is 12.5 Å². The predicted octanol–water partition coefficient (Wildman–Crippen LogP) is 2.96. The van der Waals surface area contributed by atoms with Gasteiger partial charge in [-0.05, 0) is 23.6 Å². The normalized spacial score (nSPS) is 12.9. The van der Waals surface area contributed by atoms with Crippen molar-refractivity contribution in [2.24, 2.45) is 13.0 Å². The van der Waals surface area contributed by atoms with Crippen LogP contribution >= 0.6 is 11.6 Å². The second-order valence-electron chi connectivity index (χ2n) is 5.04. The van der Waals surface area contributed by atoms with Crippen LogP contribution in [0.5, 0.6) is 0 Å². The number of nitrogens with zero attached hydrogens (tertiary/aromatic N) is 3. The fraction of sp³-hybridized carbons (Fsp3) is 0.429. The van der Waals surface area contributed by atoms with Crippen molar-refractivity contribution in [2.75, 3.05) is 0 Å². The summed E-state index contributed by atoms with van der Waals surface area (Å²) in [6.45, 7) is 5.10. The smallest absolute Gasteiger partial charge is 0.0964 e. The third-order valence-electron chi connectivity index (χ3n) is 3.05. The first-order valence-corrected chi connectivity index (χ1v) is 6.78. The molecule has 0 radical (unpaired) electrons. The summed E-state index contributed by atoms with van der Waals surface area (Å²) in [4.78, 5) is 0. The molecule has 0 fully saturated rings. The van der Waals surface area contributed by atoms with E-state index in [4.69, 9.17) is 11.6 Å². The Morgan fingerprint density at radius 3 is 2.47 bits per heavy atom. The molecular weight excluding hydrogens is 260 g/mol. The number of rotatable bonds is 5. The summed E-state index contributed by atoms with van der Waals surface area (Å²) in [7, 11) is 1.87. The van der Waals surface area contributed by atoms with Crippen LogP contribution in [0.15, 0.2) is 30.5 Å². The van der Waals surface area contributed by atoms with E-state index in [2.05, 4.69) is 41.6 Å². The third kappa shape index (κ3) is 3.78. The Kier molecular flexibility index (Phi) is 4.56. The molecule has 1 unspecified atom stereocenters. The van der Waals surface area contributed by atoms with Gasteiger partial charge in [0.15, 0.2) is 0 Å². The van der Waals surface area contributed by atoms with Crippen molar-refractivity contribution in [1.82, 2.24) is 20.3 Å². The fourth-order valence-electron chi connectivity index (χ4n) is 2.10. The van der Waals surface area contributed by atoms with Gasteiger partial charge in [0, 0.05) is 30.9 Å². The summed E-state index contributed by atoms with van der Waals surface area (Å²) in [5.41, 5.74) is 2.19. The molecule has 19 heavy (non-hydrogen) atoms. The fourth-order valence-corrected chi connectivity index (χ4v) is 2.23. The van der Waals surface area contributed by atoms with Gasteiger partial charge in [-0.2, -0.15) is 0 Å². The molecule has 0 saturated carbocycles. The number of nitrogens with one attached hydrogen (secondary N) is 1. The minimum Gasteiger partial charge on any atom is -0.304 e. The topological polar surface area (TPSA) is 42.7 Å². The predicted molar refractivity (Wildman–Crippen MR) is 76.9 cm³/mol. The quantitative estimate of drug-likeness (QED) is 0.914. The lowest BCUT2D eigenvalue weighted by atomic mass is 9.96. The number of hydrogen-bond donors (Lipinski definition) is 1. The van der Waals surface area contributed by atoms with Crippen LogP contribution in [-0.4, -0.2) is 15.0 Å². The molecule has 0 aliphatic carbocycles. The van der Waals surface area contributed by atoms with Gasteiger partial charge in [-0.3, -0.25) is 4.68 Å². The number of aryl methyl sites for hydroxylation is 1. The highest BCUT2D eigenvalue weighted by Crippen LogP contribution is 2.23. The van der Waals surface area contributed by atoms with Crippen molar-refractivity contribution < 1.29 is 0 Å². The lowest BCUT2D eigenvalue weighted by Crippen LogP contribution is -2.25. The zero-order valence-corrected chi connectivity index (χ0v) is 12.2. The second-order valence-corrected chi connectivity index (χ2v) is 5.47. The number of hydrogen-bond acceptors (Lipinski definition) is 3. The van der Waals surface area contributed by atoms with Crippen molar-refractivity contribution in [3.05, 3.63) is 46.7 Å². The van der Waals surface area contributed by atoms with Gasteiger partial charge < -0.3 is 5.32 Å². The maximum Gasteiger partial charge on any atom is 0.0964 e. The molecule has 5 heteroatoms. The molecule has 1 heterocycles. The summed E-state index contributed by atoms with van der Waals surface area (Å²) in [5.74, 6) is 0.484. The number of halogens is 1. The van der Waals surface area contributed by atoms with E-state index in [1.54, 1.807) is 4.68 Å². The van der Waals surface area contributed by atoms with E-state index in [0.717, 1.165) is 10.7 Å². The zero-order valence-electron chi connectivity index (χ0n) is 11.5. The van der Waals surface area contributed by atoms with Crippen LogP contribution in [0.2, 0.25) is 5.02 Å². The summed E-state index contributed by atoms with van der Waals surface area (Å²) >= 11 is 5.93. The Balaban J connectivity index is 2.06. The van der Waals surface area contributed by atoms with E-state index in [1.165, 1.54) is 5.56 Å². The molecule has 2 rings (SSSR count). The van der Waals surface area contributed by atoms with Crippen LogP contribution in [0, 0.1) is 5.92 Å². The van der Waals surface area contributed by atoms with Gasteiger partial charge in [0.1, 0.15) is 0 Å². The van der Waals surface area contributed by atoms with Gasteiger partial charge in [-0.15, -0.1) is 5.10 Å². The molecule has 0 saturated heterocycles. The van der Waals surface area contributed by atoms with Gasteiger partial charge >= 0.3 is 0 Å². The van der Waals surface area contributed by atoms with Crippen molar-refractivity contribution in [3.8, 4) is 0 Å². The summed E-state index contributed by atoms with van der Waals surface area (Å²) in [6, 6.07) is 8.26. The first-order valence-electron chi connectivity index (χ1n) is 6.40. The minimum atomic E-state index is 0.277. The van der Waals surface area contributed by atoms with Crippen LogP contribution in [0.4, 0.5) is 0 Å². The Morgan fingerprint density at radius 1 is 1.26 bits per heavy atom. The van der Waals surface area contributed by atoms with Gasteiger partial charge in [0.05, 0.1) is 5.69 Å². The van der Waals surface area contributed by atoms with Gasteiger partial charge in [0.2, 0.25) is 0 Å². The molecule has 1 aromatic carbocycles. The summed E-state index contributed by atoms with van der Waals surface area (Å²) in [5, 5.41) is 12.3. The van der Waals surface area contributed by atoms with Crippen LogP contribution in [0.25, 0.3) is 0 Å². The molecule has 0 amide bonds. The second kappa shape index (κ2) is 6.17. The Hall–Kier alpha value is -1.39. The Bertz CT molecular complexity index is 518. The first-order chi connectivity index (χ1) is 9.06. The van der Waals surface area contributed by atoms with E-state index in [-0.39, 0.29) is 6.04 Å². The van der Waals surface area contributed by atoms with E-state index < -0.39 is 0 Å². The monoisotopic (exact) mass is 278 g/mol. The highest BCUT2D eigenvalue weighted by molar-refractivity contribution is 6.30. The SMILES string of the molecule is CC(C)C(NCc1cn(C)nn1)c1ccc(Cl)cc1. The highest BCUT2D eigenvalue weighted by Gasteiger charge is 2.15. The first kappa shape index (κ1) is 14.0. The molecule has 0 aliphatic rings. The molecule has 102 valence electrons. The number of benzene rings is 1. The molecular formula is C14H19ClN4. The van der Waals surface area contributed by atoms with Gasteiger partial charge in [-0.1, -0.05) is 42.8 Å². The Labute approximate surface area is 118 Å². The summed E-state index contributed by atoms with van der Waals surface area (Å²) in [6.07, 6.45) is 1.92. The van der Waals surface area contributed by atoms with E-state index in [9.17, 15) is 0 Å². The molecule has 0 spiro atoms.